The molecule has 0 nitrogen and oxygen atoms in total. The molecule has 10 heavy (non-hydrogen) atoms. The Morgan fingerprint density at radius 3 is 1.90 bits per heavy atom. The fourth-order valence-electron chi connectivity index (χ4n) is 0.480. The molecule has 0 N–H and O–H groups in total. The minimum Gasteiger partial charge on any atom is -0.0926 e. The van der Waals surface area contributed by atoms with Crippen LogP contribution in [0.2, 0.25) is 0 Å². The van der Waals surface area contributed by atoms with E-state index in [1.807, 2.05) is 13.2 Å². The molecule has 0 aromatic rings. The first-order valence-electron chi connectivity index (χ1n) is 2.59. The van der Waals surface area contributed by atoms with E-state index in [1.165, 1.54) is 0 Å². The van der Waals surface area contributed by atoms with Crippen LogP contribution in [0.4, 0.5) is 0 Å². The third kappa shape index (κ3) is 6.56. The van der Waals surface area contributed by atoms with Crippen LogP contribution in [0.25, 0.3) is 0 Å². The molecule has 0 aromatic heterocycles. The van der Waals surface area contributed by atoms with Crippen molar-refractivity contribution < 1.29 is 0 Å². The second-order valence-electron chi connectivity index (χ2n) is 2.15. The topological polar surface area (TPSA) is 0 Å². The summed E-state index contributed by atoms with van der Waals surface area (Å²) in [5.41, 5.74) is 0. The molecule has 66 valence electrons. The molecule has 0 bridgehead atoms. The zero-order valence-electron chi connectivity index (χ0n) is 5.65. The largest absolute Gasteiger partial charge is 0.0926 e. The lowest BCUT2D eigenvalue weighted by Crippen LogP contribution is -2.05. The summed E-state index contributed by atoms with van der Waals surface area (Å²) in [4.78, 5) is 0. The molecule has 0 spiro atoms. The quantitative estimate of drug-likeness (QED) is 0.716. The highest BCUT2D eigenvalue weighted by atomic mass is 36.0. The van der Waals surface area contributed by atoms with E-state index < -0.39 is 17.8 Å². The molecule has 0 saturated heterocycles. The lowest BCUT2D eigenvalue weighted by atomic mass is 10.6. The highest BCUT2D eigenvalue weighted by molar-refractivity contribution is 8.66. The molecule has 0 aromatic carbocycles. The molecule has 6 heteroatoms. The number of rotatable bonds is 3. The summed E-state index contributed by atoms with van der Waals surface area (Å²) >= 11 is 0. The maximum absolute atomic E-state index is 5.81. The van der Waals surface area contributed by atoms with Crippen molar-refractivity contribution in [3.63, 3.8) is 0 Å². The molecule has 0 aliphatic heterocycles. The first-order chi connectivity index (χ1) is 4.33. The van der Waals surface area contributed by atoms with Gasteiger partial charge in [-0.3, -0.25) is 0 Å². The third-order valence-corrected chi connectivity index (χ3v) is 5.80. The number of thiol groups is 1. The minimum absolute atomic E-state index is 0.230. The SMILES string of the molecule is CC(CS(C)(Cl)Cl)[SH](Cl)Cl. The summed E-state index contributed by atoms with van der Waals surface area (Å²) in [5.74, 6) is 0.717. The van der Waals surface area contributed by atoms with Gasteiger partial charge in [-0.05, 0) is 6.26 Å². The Morgan fingerprint density at radius 2 is 1.80 bits per heavy atom. The second kappa shape index (κ2) is 4.78. The van der Waals surface area contributed by atoms with Crippen LogP contribution in [0.5, 0.6) is 0 Å². The fraction of sp³-hybridized carbons (Fsp3) is 1.00. The monoisotopic (exact) mass is 262 g/mol. The number of halogens is 4. The molecule has 0 radical (unpaired) electrons. The smallest absolute Gasteiger partial charge is 0.0187 e. The van der Waals surface area contributed by atoms with Gasteiger partial charge in [0.25, 0.3) is 0 Å². The Morgan fingerprint density at radius 1 is 1.40 bits per heavy atom. The second-order valence-corrected chi connectivity index (χ2v) is 12.9. The summed E-state index contributed by atoms with van der Waals surface area (Å²) in [5, 5.41) is 0.230. The Hall–Kier alpha value is 1.86. The van der Waals surface area contributed by atoms with E-state index in [0.29, 0.717) is 0 Å². The lowest BCUT2D eigenvalue weighted by Gasteiger charge is -2.24. The number of hydrogen-bond acceptors (Lipinski definition) is 0. The predicted molar refractivity (Wildman–Crippen MR) is 60.2 cm³/mol. The maximum atomic E-state index is 5.81. The predicted octanol–water partition coefficient (Wildman–Crippen LogP) is 4.43. The summed E-state index contributed by atoms with van der Waals surface area (Å²) in [6, 6.07) is 0. The van der Waals surface area contributed by atoms with Gasteiger partial charge >= 0.3 is 0 Å². The summed E-state index contributed by atoms with van der Waals surface area (Å²) in [7, 11) is 20.5. The van der Waals surface area contributed by atoms with E-state index in [9.17, 15) is 0 Å². The van der Waals surface area contributed by atoms with Crippen molar-refractivity contribution in [3.8, 4) is 0 Å². The number of hydrogen-bond donors (Lipinski definition) is 1. The molecular formula is C4H10Cl4S2. The van der Waals surface area contributed by atoms with Crippen LogP contribution in [0, 0.1) is 0 Å². The molecular weight excluding hydrogens is 254 g/mol. The van der Waals surface area contributed by atoms with Crippen molar-refractivity contribution in [1.29, 1.82) is 0 Å². The van der Waals surface area contributed by atoms with Gasteiger partial charge in [-0.2, -0.15) is 0 Å². The average Bonchev–Trinajstić information content (AvgIpc) is 1.60. The minimum atomic E-state index is -1.48. The van der Waals surface area contributed by atoms with Gasteiger partial charge in [0.1, 0.15) is 0 Å². The first kappa shape index (κ1) is 11.9. The van der Waals surface area contributed by atoms with Crippen LogP contribution in [0.1, 0.15) is 6.92 Å². The van der Waals surface area contributed by atoms with Crippen molar-refractivity contribution in [2.75, 3.05) is 12.0 Å². The summed E-state index contributed by atoms with van der Waals surface area (Å²) in [6.45, 7) is 1.96. The highest BCUT2D eigenvalue weighted by Crippen LogP contribution is 2.58. The Bertz CT molecular complexity index is 99.9. The van der Waals surface area contributed by atoms with Crippen LogP contribution >= 0.6 is 60.5 Å². The Balaban J connectivity index is 3.68. The molecule has 0 aliphatic rings. The van der Waals surface area contributed by atoms with Crippen LogP contribution in [-0.4, -0.2) is 17.3 Å². The van der Waals surface area contributed by atoms with E-state index in [4.69, 9.17) is 42.7 Å². The normalized spacial score (nSPS) is 18.4. The summed E-state index contributed by atoms with van der Waals surface area (Å²) in [6.07, 6.45) is 1.82. The maximum Gasteiger partial charge on any atom is 0.0187 e. The van der Waals surface area contributed by atoms with Gasteiger partial charge in [0.15, 0.2) is 0 Å². The van der Waals surface area contributed by atoms with Crippen molar-refractivity contribution >= 4 is 60.5 Å². The molecule has 0 heterocycles. The van der Waals surface area contributed by atoms with Crippen LogP contribution in [0.3, 0.4) is 0 Å². The molecule has 0 saturated carbocycles. The zero-order chi connectivity index (χ0) is 8.36. The van der Waals surface area contributed by atoms with Gasteiger partial charge in [0.05, 0.1) is 0 Å². The lowest BCUT2D eigenvalue weighted by molar-refractivity contribution is 1.14. The Labute approximate surface area is 84.2 Å². The molecule has 0 rings (SSSR count). The van der Waals surface area contributed by atoms with Crippen molar-refractivity contribution in [2.24, 2.45) is 0 Å². The van der Waals surface area contributed by atoms with Crippen LogP contribution in [-0.2, 0) is 0 Å². The van der Waals surface area contributed by atoms with Gasteiger partial charge < -0.3 is 0 Å². The van der Waals surface area contributed by atoms with Gasteiger partial charge in [0.2, 0.25) is 0 Å². The van der Waals surface area contributed by atoms with Crippen molar-refractivity contribution in [3.05, 3.63) is 0 Å². The summed E-state index contributed by atoms with van der Waals surface area (Å²) < 4.78 is 0. The average molecular weight is 264 g/mol. The van der Waals surface area contributed by atoms with Crippen LogP contribution < -0.4 is 0 Å². The van der Waals surface area contributed by atoms with Gasteiger partial charge in [0, 0.05) is 11.0 Å². The van der Waals surface area contributed by atoms with Gasteiger partial charge in [-0.15, -0.1) is 0 Å². The first-order valence-corrected chi connectivity index (χ1v) is 9.67. The van der Waals surface area contributed by atoms with E-state index in [-0.39, 0.29) is 5.25 Å². The van der Waals surface area contributed by atoms with E-state index >= 15 is 0 Å². The third-order valence-electron chi connectivity index (χ3n) is 0.867. The van der Waals surface area contributed by atoms with E-state index in [1.54, 1.807) is 0 Å². The molecule has 0 fully saturated rings. The van der Waals surface area contributed by atoms with E-state index in [2.05, 4.69) is 0 Å². The van der Waals surface area contributed by atoms with Gasteiger partial charge in [-0.25, -0.2) is 0 Å². The highest BCUT2D eigenvalue weighted by Gasteiger charge is 2.17. The molecule has 1 atom stereocenters. The Kier molecular flexibility index (Phi) is 5.67. The fourth-order valence-corrected chi connectivity index (χ4v) is 5.35. The van der Waals surface area contributed by atoms with E-state index in [0.717, 1.165) is 5.75 Å². The zero-order valence-corrected chi connectivity index (χ0v) is 10.4. The van der Waals surface area contributed by atoms with Crippen LogP contribution in [0.15, 0.2) is 0 Å². The molecule has 0 amide bonds. The van der Waals surface area contributed by atoms with Crippen molar-refractivity contribution in [2.45, 2.75) is 12.2 Å². The molecule has 0 aliphatic carbocycles. The standard InChI is InChI=1S/C4H10Cl4S2/c1-4(9(5)6)3-10(2,7)8/h4,9H,3H2,1-2H3. The van der Waals surface area contributed by atoms with Gasteiger partial charge in [-0.1, -0.05) is 67.4 Å². The molecule has 1 unspecified atom stereocenters. The van der Waals surface area contributed by atoms with Crippen molar-refractivity contribution in [1.82, 2.24) is 0 Å².